The summed E-state index contributed by atoms with van der Waals surface area (Å²) in [5, 5.41) is 7.39. The molecule has 0 saturated heterocycles. The quantitative estimate of drug-likeness (QED) is 0.187. The monoisotopic (exact) mass is 574 g/mol. The molecule has 1 fully saturated rings. The van der Waals surface area contributed by atoms with Crippen molar-refractivity contribution in [3.63, 3.8) is 0 Å². The number of hydrogen-bond donors (Lipinski definition) is 0. The molecule has 2 heterocycles. The summed E-state index contributed by atoms with van der Waals surface area (Å²) in [6.07, 6.45) is 19.5. The van der Waals surface area contributed by atoms with Gasteiger partial charge in [-0.15, -0.1) is 0 Å². The molecule has 0 radical (unpaired) electrons. The lowest BCUT2D eigenvalue weighted by molar-refractivity contribution is -0.123. The molecule has 3 atom stereocenters. The Morgan fingerprint density at radius 3 is 2.24 bits per heavy atom. The molecule has 4 nitrogen and oxygen atoms in total. The fourth-order valence-corrected chi connectivity index (χ4v) is 8.06. The smallest absolute Gasteiger partial charge is 0.144 e. The van der Waals surface area contributed by atoms with Crippen molar-refractivity contribution in [2.45, 2.75) is 129 Å². The van der Waals surface area contributed by atoms with Crippen LogP contribution in [0.4, 0.5) is 10.1 Å². The highest BCUT2D eigenvalue weighted by molar-refractivity contribution is 6.03. The van der Waals surface area contributed by atoms with Crippen molar-refractivity contribution >= 4 is 17.2 Å². The maximum Gasteiger partial charge on any atom is 0.144 e. The van der Waals surface area contributed by atoms with Gasteiger partial charge in [0.25, 0.3) is 0 Å². The van der Waals surface area contributed by atoms with E-state index in [1.165, 1.54) is 75.8 Å². The summed E-state index contributed by atoms with van der Waals surface area (Å²) in [5.41, 5.74) is 2.77. The topological polar surface area (TPSA) is 41.9 Å². The van der Waals surface area contributed by atoms with Crippen LogP contribution in [-0.2, 0) is 4.79 Å². The van der Waals surface area contributed by atoms with Gasteiger partial charge < -0.3 is 4.74 Å². The summed E-state index contributed by atoms with van der Waals surface area (Å²) in [5.74, 6) is 0.671. The third-order valence-corrected chi connectivity index (χ3v) is 10.2. The molecule has 5 rings (SSSR count). The summed E-state index contributed by atoms with van der Waals surface area (Å²) in [6.45, 7) is 4.57. The van der Waals surface area contributed by atoms with Gasteiger partial charge in [-0.1, -0.05) is 121 Å². The summed E-state index contributed by atoms with van der Waals surface area (Å²) in [7, 11) is 0. The lowest BCUT2D eigenvalue weighted by Gasteiger charge is -2.40. The number of hydrogen-bond acceptors (Lipinski definition) is 4. The fraction of sp³-hybridized carbons (Fsp3) is 0.622. The summed E-state index contributed by atoms with van der Waals surface area (Å²) < 4.78 is 20.6. The maximum absolute atomic E-state index is 14.4. The zero-order valence-electron chi connectivity index (χ0n) is 26.0. The number of carbonyl (C=O) groups excluding carboxylic acids is 1. The second-order valence-electron chi connectivity index (χ2n) is 13.1. The molecule has 0 N–H and O–H groups in total. The number of fused-ring (bicyclic) bond motifs is 3. The Balaban J connectivity index is 1.33. The van der Waals surface area contributed by atoms with Gasteiger partial charge in [0.05, 0.1) is 17.7 Å². The Morgan fingerprint density at radius 1 is 0.952 bits per heavy atom. The van der Waals surface area contributed by atoms with E-state index in [0.717, 1.165) is 44.2 Å². The normalized spacial score (nSPS) is 21.4. The van der Waals surface area contributed by atoms with Crippen molar-refractivity contribution < 1.29 is 13.9 Å². The van der Waals surface area contributed by atoms with Crippen LogP contribution in [0.25, 0.3) is 0 Å². The van der Waals surface area contributed by atoms with Crippen molar-refractivity contribution in [3.8, 4) is 5.75 Å². The third-order valence-electron chi connectivity index (χ3n) is 10.2. The minimum absolute atomic E-state index is 0.0138. The van der Waals surface area contributed by atoms with Crippen LogP contribution >= 0.6 is 0 Å². The number of benzene rings is 2. The number of ether oxygens (including phenoxy) is 1. The summed E-state index contributed by atoms with van der Waals surface area (Å²) in [6, 6.07) is 15.2. The molecule has 0 amide bonds. The van der Waals surface area contributed by atoms with Gasteiger partial charge in [-0.25, -0.2) is 4.39 Å². The zero-order chi connectivity index (χ0) is 29.4. The van der Waals surface area contributed by atoms with Gasteiger partial charge >= 0.3 is 0 Å². The van der Waals surface area contributed by atoms with Gasteiger partial charge in [0.2, 0.25) is 0 Å². The Bertz CT molecular complexity index is 1190. The molecule has 42 heavy (non-hydrogen) atoms. The molecule has 2 unspecified atom stereocenters. The standard InChI is InChI=1S/C37H51FN2O2/c1-3-4-5-6-7-8-9-10-11-12-16-21-31(28(2)41)37(24-17-18-25-37)36-35(29-19-14-13-15-20-29)33-27-42-34-23-22-30(38)26-32(34)40(33)39-36/h13-15,19-20,22-23,26,31,33,35H,3-12,16-18,21,24-25,27H2,1-2H3/t31-,33?,35?/m0/s1. The van der Waals surface area contributed by atoms with E-state index in [9.17, 15) is 9.18 Å². The van der Waals surface area contributed by atoms with Crippen LogP contribution in [0.3, 0.4) is 0 Å². The van der Waals surface area contributed by atoms with Crippen molar-refractivity contribution in [2.75, 3.05) is 11.6 Å². The number of rotatable bonds is 16. The summed E-state index contributed by atoms with van der Waals surface area (Å²) in [4.78, 5) is 13.5. The molecule has 3 aliphatic rings. The van der Waals surface area contributed by atoms with Gasteiger partial charge in [0.1, 0.15) is 29.6 Å². The highest BCUT2D eigenvalue weighted by Gasteiger charge is 2.55. The predicted molar refractivity (Wildman–Crippen MR) is 171 cm³/mol. The number of carbonyl (C=O) groups is 1. The lowest BCUT2D eigenvalue weighted by Crippen LogP contribution is -2.45. The summed E-state index contributed by atoms with van der Waals surface area (Å²) >= 11 is 0. The molecule has 2 aliphatic heterocycles. The number of ketones is 1. The number of unbranched alkanes of at least 4 members (excludes halogenated alkanes) is 10. The van der Waals surface area contributed by atoms with E-state index < -0.39 is 0 Å². The molecule has 0 aromatic heterocycles. The second-order valence-corrected chi connectivity index (χ2v) is 13.1. The number of nitrogens with zero attached hydrogens (tertiary/aromatic N) is 2. The zero-order valence-corrected chi connectivity index (χ0v) is 26.0. The predicted octanol–water partition coefficient (Wildman–Crippen LogP) is 10.0. The first kappa shape index (κ1) is 30.8. The van der Waals surface area contributed by atoms with Crippen LogP contribution in [0.1, 0.15) is 128 Å². The van der Waals surface area contributed by atoms with Crippen LogP contribution in [0.5, 0.6) is 5.75 Å². The lowest BCUT2D eigenvalue weighted by atomic mass is 9.62. The Morgan fingerprint density at radius 2 is 1.60 bits per heavy atom. The molecule has 228 valence electrons. The van der Waals surface area contributed by atoms with Crippen LogP contribution in [0.15, 0.2) is 53.6 Å². The first-order valence-electron chi connectivity index (χ1n) is 16.9. The number of hydrazone groups is 1. The van der Waals surface area contributed by atoms with E-state index >= 15 is 0 Å². The van der Waals surface area contributed by atoms with Gasteiger partial charge in [-0.3, -0.25) is 9.80 Å². The largest absolute Gasteiger partial charge is 0.489 e. The van der Waals surface area contributed by atoms with Crippen LogP contribution < -0.4 is 9.75 Å². The van der Waals surface area contributed by atoms with Crippen molar-refractivity contribution in [3.05, 3.63) is 59.9 Å². The van der Waals surface area contributed by atoms with Crippen LogP contribution in [0.2, 0.25) is 0 Å². The highest BCUT2D eigenvalue weighted by Crippen LogP contribution is 2.55. The third kappa shape index (κ3) is 6.76. The van der Waals surface area contributed by atoms with E-state index in [0.29, 0.717) is 23.8 Å². The number of Topliss-reactive ketones (excluding diaryl/α,β-unsaturated/α-hetero) is 1. The van der Waals surface area contributed by atoms with Crippen molar-refractivity contribution in [1.82, 2.24) is 0 Å². The minimum atomic E-state index is -0.286. The first-order valence-corrected chi connectivity index (χ1v) is 16.9. The molecule has 0 bridgehead atoms. The van der Waals surface area contributed by atoms with Crippen LogP contribution in [0, 0.1) is 17.2 Å². The van der Waals surface area contributed by atoms with Crippen LogP contribution in [-0.4, -0.2) is 24.1 Å². The van der Waals surface area contributed by atoms with Crippen molar-refractivity contribution in [2.24, 2.45) is 16.4 Å². The Labute approximate surface area is 253 Å². The van der Waals surface area contributed by atoms with Gasteiger partial charge in [-0.05, 0) is 43.9 Å². The van der Waals surface area contributed by atoms with Gasteiger partial charge in [-0.2, -0.15) is 5.10 Å². The molecule has 1 saturated carbocycles. The minimum Gasteiger partial charge on any atom is -0.489 e. The molecule has 1 aliphatic carbocycles. The van der Waals surface area contributed by atoms with E-state index in [1.54, 1.807) is 19.1 Å². The Hall–Kier alpha value is -2.69. The average Bonchev–Trinajstić information content (AvgIpc) is 3.64. The Kier molecular flexibility index (Phi) is 10.7. The molecule has 5 heteroatoms. The second kappa shape index (κ2) is 14.7. The van der Waals surface area contributed by atoms with E-state index in [1.807, 2.05) is 11.1 Å². The SMILES string of the molecule is CCCCCCCCCCCCC[C@@H](C(C)=O)C1(C2=NN3c4cc(F)ccc4OCC3C2c2ccccc2)CCCC1. The molecular formula is C37H51FN2O2. The van der Waals surface area contributed by atoms with Crippen molar-refractivity contribution in [1.29, 1.82) is 0 Å². The maximum atomic E-state index is 14.4. The highest BCUT2D eigenvalue weighted by atomic mass is 19.1. The number of anilines is 1. The molecular weight excluding hydrogens is 523 g/mol. The number of halogens is 1. The molecule has 2 aromatic rings. The molecule has 0 spiro atoms. The van der Waals surface area contributed by atoms with E-state index in [4.69, 9.17) is 9.84 Å². The average molecular weight is 575 g/mol. The van der Waals surface area contributed by atoms with E-state index in [-0.39, 0.29) is 29.1 Å². The van der Waals surface area contributed by atoms with Gasteiger partial charge in [0.15, 0.2) is 0 Å². The van der Waals surface area contributed by atoms with Gasteiger partial charge in [0, 0.05) is 17.4 Å². The fourth-order valence-electron chi connectivity index (χ4n) is 8.06. The molecule has 2 aromatic carbocycles. The first-order chi connectivity index (χ1) is 20.5. The van der Waals surface area contributed by atoms with E-state index in [2.05, 4.69) is 31.2 Å².